The lowest BCUT2D eigenvalue weighted by molar-refractivity contribution is 1.70. The maximum absolute atomic E-state index is 7.07. The molecule has 0 aliphatic carbocycles. The Morgan fingerprint density at radius 2 is 2.30 bits per heavy atom. The van der Waals surface area contributed by atoms with Crippen LogP contribution in [0.25, 0.3) is 0 Å². The first-order valence-corrected chi connectivity index (χ1v) is 3.12. The third kappa shape index (κ3) is 1.42. The summed E-state index contributed by atoms with van der Waals surface area (Å²) in [6, 6.07) is 7.62. The average Bonchev–Trinajstić information content (AvgIpc) is 2.06. The van der Waals surface area contributed by atoms with Crippen molar-refractivity contribution in [1.82, 2.24) is 0 Å². The van der Waals surface area contributed by atoms with Crippen LogP contribution in [-0.2, 0) is 0 Å². The van der Waals surface area contributed by atoms with E-state index in [9.17, 15) is 0 Å². The largest absolute Gasteiger partial charge is 0.131 e. The second-order valence-electron chi connectivity index (χ2n) is 1.96. The molecule has 47 valence electrons. The molecule has 1 rings (SSSR count). The molecule has 10 heavy (non-hydrogen) atoms. The van der Waals surface area contributed by atoms with Crippen molar-refractivity contribution in [2.45, 2.75) is 6.92 Å². The first kappa shape index (κ1) is 5.62. The molecule has 0 aromatic heterocycles. The minimum Gasteiger partial charge on any atom is -0.101 e. The zero-order valence-corrected chi connectivity index (χ0v) is 5.89. The Kier molecular flexibility index (Phi) is 1.76. The van der Waals surface area contributed by atoms with Gasteiger partial charge in [0.15, 0.2) is 0 Å². The molecular formula is C9H8B. The smallest absolute Gasteiger partial charge is 0.101 e. The van der Waals surface area contributed by atoms with Crippen LogP contribution in [0, 0.1) is 11.8 Å². The van der Waals surface area contributed by atoms with Crippen LogP contribution in [0.1, 0.15) is 12.5 Å². The van der Waals surface area contributed by atoms with Crippen LogP contribution in [-0.4, -0.2) is 9.15 Å². The van der Waals surface area contributed by atoms with Crippen LogP contribution >= 0.6 is 0 Å². The van der Waals surface area contributed by atoms with E-state index in [0.717, 1.165) is 11.0 Å². The van der Waals surface area contributed by atoms with Crippen molar-refractivity contribution in [1.29, 1.82) is 1.34 Å². The summed E-state index contributed by atoms with van der Waals surface area (Å²) in [6.07, 6.45) is 0. The highest BCUT2D eigenvalue weighted by Gasteiger charge is 1.88. The van der Waals surface area contributed by atoms with E-state index in [1.165, 1.54) is 7.81 Å². The number of hydrogen-bond donors (Lipinski definition) is 0. The summed E-state index contributed by atoms with van der Waals surface area (Å²) in [5.41, 5.74) is 1.80. The molecule has 0 fully saturated rings. The highest BCUT2D eigenvalue weighted by molar-refractivity contribution is 6.33. The van der Waals surface area contributed by atoms with E-state index < -0.39 is 0 Å². The van der Waals surface area contributed by atoms with Gasteiger partial charge < -0.3 is 0 Å². The molecule has 1 aromatic carbocycles. The molecular weight excluding hydrogens is 119 g/mol. The SMILES string of the molecule is [2H][B]c1ccccc1C#CC. The molecule has 1 heteroatoms. The van der Waals surface area contributed by atoms with Crippen LogP contribution in [0.2, 0.25) is 0 Å². The summed E-state index contributed by atoms with van der Waals surface area (Å²) in [5.74, 6) is 5.73. The summed E-state index contributed by atoms with van der Waals surface area (Å²) >= 11 is 0. The van der Waals surface area contributed by atoms with Crippen molar-refractivity contribution in [2.75, 3.05) is 0 Å². The first-order valence-electron chi connectivity index (χ1n) is 3.69. The molecule has 0 spiro atoms. The molecule has 0 unspecified atom stereocenters. The lowest BCUT2D eigenvalue weighted by atomic mass is 9.91. The summed E-state index contributed by atoms with van der Waals surface area (Å²) in [4.78, 5) is 0. The van der Waals surface area contributed by atoms with Gasteiger partial charge in [-0.05, 0) is 14.3 Å². The highest BCUT2D eigenvalue weighted by atomic mass is 13.9. The van der Waals surface area contributed by atoms with E-state index in [-0.39, 0.29) is 0 Å². The Bertz CT molecular complexity index is 296. The molecule has 0 aliphatic heterocycles. The molecule has 0 atom stereocenters. The van der Waals surface area contributed by atoms with E-state index in [2.05, 4.69) is 11.8 Å². The lowest BCUT2D eigenvalue weighted by Crippen LogP contribution is -2.05. The van der Waals surface area contributed by atoms with Crippen molar-refractivity contribution in [2.24, 2.45) is 0 Å². The van der Waals surface area contributed by atoms with E-state index in [1.807, 2.05) is 24.3 Å². The first-order chi connectivity index (χ1) is 5.38. The van der Waals surface area contributed by atoms with Gasteiger partial charge in [0.2, 0.25) is 0 Å². The normalized spacial score (nSPS) is 9.10. The van der Waals surface area contributed by atoms with Crippen molar-refractivity contribution in [3.05, 3.63) is 29.8 Å². The molecule has 0 saturated carbocycles. The fourth-order valence-electron chi connectivity index (χ4n) is 0.746. The van der Waals surface area contributed by atoms with Gasteiger partial charge in [0.05, 0.1) is 0 Å². The zero-order valence-electron chi connectivity index (χ0n) is 6.89. The number of hydrogen-bond acceptors (Lipinski definition) is 0. The molecule has 0 nitrogen and oxygen atoms in total. The summed E-state index contributed by atoms with van der Waals surface area (Å²) < 4.78 is 7.07. The highest BCUT2D eigenvalue weighted by Crippen LogP contribution is 1.90. The second kappa shape index (κ2) is 3.13. The van der Waals surface area contributed by atoms with Crippen molar-refractivity contribution >= 4 is 13.3 Å². The molecule has 1 radical (unpaired) electrons. The van der Waals surface area contributed by atoms with Gasteiger partial charge in [-0.25, -0.2) is 0 Å². The Morgan fingerprint density at radius 1 is 1.50 bits per heavy atom. The van der Waals surface area contributed by atoms with Gasteiger partial charge in [-0.2, -0.15) is 0 Å². The van der Waals surface area contributed by atoms with Crippen LogP contribution < -0.4 is 5.46 Å². The molecule has 0 saturated heterocycles. The molecule has 0 amide bonds. The topological polar surface area (TPSA) is 0 Å². The second-order valence-corrected chi connectivity index (χ2v) is 1.96. The molecule has 0 heterocycles. The van der Waals surface area contributed by atoms with E-state index in [4.69, 9.17) is 1.34 Å². The van der Waals surface area contributed by atoms with Crippen LogP contribution in [0.4, 0.5) is 0 Å². The zero-order chi connectivity index (χ0) is 8.10. The van der Waals surface area contributed by atoms with Crippen molar-refractivity contribution < 1.29 is 0 Å². The van der Waals surface area contributed by atoms with Gasteiger partial charge in [0.1, 0.15) is 7.81 Å². The predicted octanol–water partition coefficient (Wildman–Crippen LogP) is 0.584. The predicted molar refractivity (Wildman–Crippen MR) is 45.8 cm³/mol. The standard InChI is InChI=1S/C9H8B/c1-2-5-8-6-3-4-7-9(8)10/h3-4,6-7,10H,1H3/i10D. The van der Waals surface area contributed by atoms with Crippen LogP contribution in [0.15, 0.2) is 24.3 Å². The van der Waals surface area contributed by atoms with Crippen molar-refractivity contribution in [3.8, 4) is 11.8 Å². The third-order valence-corrected chi connectivity index (χ3v) is 1.22. The number of benzene rings is 1. The monoisotopic (exact) mass is 128 g/mol. The van der Waals surface area contributed by atoms with Crippen LogP contribution in [0.5, 0.6) is 0 Å². The van der Waals surface area contributed by atoms with Crippen molar-refractivity contribution in [3.63, 3.8) is 0 Å². The van der Waals surface area contributed by atoms with Crippen LogP contribution in [0.3, 0.4) is 0 Å². The molecule has 0 N–H and O–H groups in total. The Hall–Kier alpha value is -1.16. The minimum atomic E-state index is 0.877. The quantitative estimate of drug-likeness (QED) is 0.383. The fraction of sp³-hybridized carbons (Fsp3) is 0.111. The van der Waals surface area contributed by atoms with Gasteiger partial charge in [-0.1, -0.05) is 29.6 Å². The molecule has 0 bridgehead atoms. The van der Waals surface area contributed by atoms with Gasteiger partial charge in [-0.3, -0.25) is 0 Å². The Labute approximate surface area is 64.0 Å². The number of rotatable bonds is 1. The molecule has 0 aliphatic rings. The van der Waals surface area contributed by atoms with Gasteiger partial charge >= 0.3 is 0 Å². The third-order valence-electron chi connectivity index (χ3n) is 1.22. The Morgan fingerprint density at radius 3 is 3.00 bits per heavy atom. The van der Waals surface area contributed by atoms with Gasteiger partial charge in [0, 0.05) is 5.56 Å². The maximum atomic E-state index is 7.07. The maximum Gasteiger partial charge on any atom is 0.131 e. The van der Waals surface area contributed by atoms with E-state index >= 15 is 0 Å². The summed E-state index contributed by atoms with van der Waals surface area (Å²) in [6.45, 7) is 1.79. The van der Waals surface area contributed by atoms with E-state index in [0.29, 0.717) is 0 Å². The van der Waals surface area contributed by atoms with E-state index in [1.54, 1.807) is 6.92 Å². The molecule has 1 aromatic rings. The lowest BCUT2D eigenvalue weighted by Gasteiger charge is -1.93. The minimum absolute atomic E-state index is 0.877. The fourth-order valence-corrected chi connectivity index (χ4v) is 0.746. The summed E-state index contributed by atoms with van der Waals surface area (Å²) in [5, 5.41) is 0. The average molecular weight is 128 g/mol. The summed E-state index contributed by atoms with van der Waals surface area (Å²) in [7, 11) is 1.32. The van der Waals surface area contributed by atoms with Gasteiger partial charge in [0.25, 0.3) is 0 Å². The van der Waals surface area contributed by atoms with Gasteiger partial charge in [-0.15, -0.1) is 5.92 Å². The Balaban J connectivity index is 3.09.